The molecule has 2 amide bonds. The summed E-state index contributed by atoms with van der Waals surface area (Å²) < 4.78 is 15.7. The minimum Gasteiger partial charge on any atom is -0.497 e. The lowest BCUT2D eigenvalue weighted by Gasteiger charge is -2.12. The van der Waals surface area contributed by atoms with Crippen molar-refractivity contribution >= 4 is 17.5 Å². The zero-order chi connectivity index (χ0) is 18.2. The average Bonchev–Trinajstić information content (AvgIpc) is 2.66. The second kappa shape index (κ2) is 8.58. The molecule has 2 aromatic carbocycles. The largest absolute Gasteiger partial charge is 0.497 e. The fourth-order valence-corrected chi connectivity index (χ4v) is 2.09. The first-order valence-electron chi connectivity index (χ1n) is 7.54. The van der Waals surface area contributed by atoms with Gasteiger partial charge in [-0.1, -0.05) is 0 Å². The zero-order valence-electron chi connectivity index (χ0n) is 14.3. The molecule has 7 heteroatoms. The van der Waals surface area contributed by atoms with E-state index in [1.54, 1.807) is 43.5 Å². The Bertz CT molecular complexity index is 744. The van der Waals surface area contributed by atoms with Crippen molar-refractivity contribution < 1.29 is 23.8 Å². The van der Waals surface area contributed by atoms with E-state index in [-0.39, 0.29) is 18.4 Å². The Morgan fingerprint density at radius 3 is 2.28 bits per heavy atom. The van der Waals surface area contributed by atoms with E-state index < -0.39 is 0 Å². The van der Waals surface area contributed by atoms with Crippen LogP contribution in [-0.2, 0) is 4.79 Å². The lowest BCUT2D eigenvalue weighted by atomic mass is 10.2. The standard InChI is InChI=1S/C18H20N2O5/c1-19-18(22)12-4-9-15(24-3)16(10-12)25-11-17(21)20-13-5-7-14(23-2)8-6-13/h4-10H,11H2,1-3H3,(H,19,22)(H,20,21). The van der Waals surface area contributed by atoms with Crippen LogP contribution in [0.25, 0.3) is 0 Å². The number of hydrogen-bond acceptors (Lipinski definition) is 5. The smallest absolute Gasteiger partial charge is 0.262 e. The Morgan fingerprint density at radius 2 is 1.68 bits per heavy atom. The van der Waals surface area contributed by atoms with Gasteiger partial charge in [-0.05, 0) is 42.5 Å². The summed E-state index contributed by atoms with van der Waals surface area (Å²) in [6.07, 6.45) is 0. The van der Waals surface area contributed by atoms with E-state index in [9.17, 15) is 9.59 Å². The van der Waals surface area contributed by atoms with Crippen molar-refractivity contribution in [2.75, 3.05) is 33.2 Å². The Hall–Kier alpha value is -3.22. The van der Waals surface area contributed by atoms with Crippen molar-refractivity contribution in [1.82, 2.24) is 5.32 Å². The van der Waals surface area contributed by atoms with Crippen molar-refractivity contribution in [1.29, 1.82) is 0 Å². The molecule has 0 aromatic heterocycles. The summed E-state index contributed by atoms with van der Waals surface area (Å²) in [6.45, 7) is -0.223. The second-order valence-electron chi connectivity index (χ2n) is 5.01. The van der Waals surface area contributed by atoms with Crippen LogP contribution in [0.2, 0.25) is 0 Å². The normalized spacial score (nSPS) is 9.88. The molecular weight excluding hydrogens is 324 g/mol. The van der Waals surface area contributed by atoms with Crippen molar-refractivity contribution in [2.24, 2.45) is 0 Å². The van der Waals surface area contributed by atoms with Crippen molar-refractivity contribution in [3.05, 3.63) is 48.0 Å². The highest BCUT2D eigenvalue weighted by Crippen LogP contribution is 2.28. The number of ether oxygens (including phenoxy) is 3. The van der Waals surface area contributed by atoms with E-state index in [1.165, 1.54) is 20.2 Å². The second-order valence-corrected chi connectivity index (χ2v) is 5.01. The van der Waals surface area contributed by atoms with Crippen molar-refractivity contribution in [3.8, 4) is 17.2 Å². The molecular formula is C18H20N2O5. The minimum atomic E-state index is -0.336. The van der Waals surface area contributed by atoms with Crippen LogP contribution in [0.1, 0.15) is 10.4 Å². The predicted octanol–water partition coefficient (Wildman–Crippen LogP) is 2.08. The van der Waals surface area contributed by atoms with Gasteiger partial charge in [-0.2, -0.15) is 0 Å². The van der Waals surface area contributed by atoms with Crippen molar-refractivity contribution in [3.63, 3.8) is 0 Å². The van der Waals surface area contributed by atoms with Gasteiger partial charge in [0.2, 0.25) is 0 Å². The van der Waals surface area contributed by atoms with Crippen LogP contribution in [-0.4, -0.2) is 39.7 Å². The molecule has 0 unspecified atom stereocenters. The molecule has 0 atom stereocenters. The predicted molar refractivity (Wildman–Crippen MR) is 93.5 cm³/mol. The van der Waals surface area contributed by atoms with Crippen LogP contribution in [0, 0.1) is 0 Å². The summed E-state index contributed by atoms with van der Waals surface area (Å²) in [4.78, 5) is 23.7. The van der Waals surface area contributed by atoms with Gasteiger partial charge >= 0.3 is 0 Å². The van der Waals surface area contributed by atoms with Gasteiger partial charge < -0.3 is 24.8 Å². The van der Waals surface area contributed by atoms with E-state index in [0.29, 0.717) is 28.5 Å². The molecule has 132 valence electrons. The topological polar surface area (TPSA) is 85.9 Å². The molecule has 0 saturated heterocycles. The molecule has 0 aliphatic carbocycles. The lowest BCUT2D eigenvalue weighted by molar-refractivity contribution is -0.118. The molecule has 0 bridgehead atoms. The van der Waals surface area contributed by atoms with Crippen LogP contribution < -0.4 is 24.8 Å². The molecule has 2 aromatic rings. The van der Waals surface area contributed by atoms with Gasteiger partial charge in [0.25, 0.3) is 11.8 Å². The summed E-state index contributed by atoms with van der Waals surface area (Å²) in [6, 6.07) is 11.7. The molecule has 0 aliphatic heterocycles. The Balaban J connectivity index is 2.01. The van der Waals surface area contributed by atoms with Gasteiger partial charge in [-0.15, -0.1) is 0 Å². The third kappa shape index (κ3) is 4.87. The molecule has 0 saturated carbocycles. The molecule has 2 N–H and O–H groups in total. The third-order valence-corrected chi connectivity index (χ3v) is 3.39. The number of nitrogens with one attached hydrogen (secondary N) is 2. The number of methoxy groups -OCH3 is 2. The summed E-state index contributed by atoms with van der Waals surface area (Å²) in [5.74, 6) is 0.858. The lowest BCUT2D eigenvalue weighted by Crippen LogP contribution is -2.21. The van der Waals surface area contributed by atoms with Crippen LogP contribution in [0.15, 0.2) is 42.5 Å². The van der Waals surface area contributed by atoms with Crippen molar-refractivity contribution in [2.45, 2.75) is 0 Å². The number of amides is 2. The quantitative estimate of drug-likeness (QED) is 0.803. The molecule has 0 spiro atoms. The molecule has 25 heavy (non-hydrogen) atoms. The van der Waals surface area contributed by atoms with Crippen LogP contribution in [0.3, 0.4) is 0 Å². The molecule has 7 nitrogen and oxygen atoms in total. The van der Waals surface area contributed by atoms with E-state index in [4.69, 9.17) is 14.2 Å². The van der Waals surface area contributed by atoms with Gasteiger partial charge in [0.15, 0.2) is 18.1 Å². The van der Waals surface area contributed by atoms with Gasteiger partial charge in [-0.3, -0.25) is 9.59 Å². The number of carbonyl (C=O) groups is 2. The first-order valence-corrected chi connectivity index (χ1v) is 7.54. The minimum absolute atomic E-state index is 0.223. The van der Waals surface area contributed by atoms with Crippen LogP contribution >= 0.6 is 0 Å². The van der Waals surface area contributed by atoms with Crippen LogP contribution in [0.5, 0.6) is 17.2 Å². The van der Waals surface area contributed by atoms with Gasteiger partial charge in [0.05, 0.1) is 14.2 Å². The number of hydrogen-bond donors (Lipinski definition) is 2. The maximum Gasteiger partial charge on any atom is 0.262 e. The fraction of sp³-hybridized carbons (Fsp3) is 0.222. The summed E-state index contributed by atoms with van der Waals surface area (Å²) >= 11 is 0. The Labute approximate surface area is 145 Å². The summed E-state index contributed by atoms with van der Waals surface area (Å²) in [7, 11) is 4.59. The van der Waals surface area contributed by atoms with Crippen LogP contribution in [0.4, 0.5) is 5.69 Å². The monoisotopic (exact) mass is 344 g/mol. The molecule has 0 fully saturated rings. The first-order chi connectivity index (χ1) is 12.1. The molecule has 2 rings (SSSR count). The summed E-state index contributed by atoms with van der Waals surface area (Å²) in [5, 5.41) is 5.24. The first kappa shape index (κ1) is 18.1. The number of rotatable bonds is 7. The van der Waals surface area contributed by atoms with Gasteiger partial charge in [0, 0.05) is 18.3 Å². The van der Waals surface area contributed by atoms with E-state index >= 15 is 0 Å². The third-order valence-electron chi connectivity index (χ3n) is 3.39. The maximum atomic E-state index is 12.0. The number of anilines is 1. The Morgan fingerprint density at radius 1 is 0.960 bits per heavy atom. The van der Waals surface area contributed by atoms with Gasteiger partial charge in [-0.25, -0.2) is 0 Å². The average molecular weight is 344 g/mol. The molecule has 0 aliphatic rings. The van der Waals surface area contributed by atoms with Gasteiger partial charge in [0.1, 0.15) is 5.75 Å². The SMILES string of the molecule is CNC(=O)c1ccc(OC)c(OCC(=O)Nc2ccc(OC)cc2)c1. The fourth-order valence-electron chi connectivity index (χ4n) is 2.09. The zero-order valence-corrected chi connectivity index (χ0v) is 14.3. The molecule has 0 radical (unpaired) electrons. The highest BCUT2D eigenvalue weighted by Gasteiger charge is 2.12. The highest BCUT2D eigenvalue weighted by molar-refractivity contribution is 5.95. The number of carbonyl (C=O) groups excluding carboxylic acids is 2. The number of benzene rings is 2. The summed E-state index contributed by atoms with van der Waals surface area (Å²) in [5.41, 5.74) is 1.04. The van der Waals surface area contributed by atoms with E-state index in [0.717, 1.165) is 0 Å². The highest BCUT2D eigenvalue weighted by atomic mass is 16.5. The Kier molecular flexibility index (Phi) is 6.22. The molecule has 0 heterocycles. The maximum absolute atomic E-state index is 12.0. The van der Waals surface area contributed by atoms with E-state index in [2.05, 4.69) is 10.6 Å². The van der Waals surface area contributed by atoms with E-state index in [1.807, 2.05) is 0 Å².